The number of Topliss-reactive ketones (excluding diaryl/α,β-unsaturated/α-hetero) is 1. The largest absolute Gasteiger partial charge is 0.508 e. The number of fused-ring (bicyclic) bond motifs is 1. The van der Waals surface area contributed by atoms with Crippen LogP contribution in [0.4, 0.5) is 0 Å². The Morgan fingerprint density at radius 3 is 2.63 bits per heavy atom. The van der Waals surface area contributed by atoms with Crippen LogP contribution in [-0.2, 0) is 0 Å². The highest BCUT2D eigenvalue weighted by Crippen LogP contribution is 2.42. The van der Waals surface area contributed by atoms with Gasteiger partial charge in [0.2, 0.25) is 0 Å². The number of ketones is 1. The number of amides is 1. The Bertz CT molecular complexity index is 922. The third-order valence-corrected chi connectivity index (χ3v) is 5.99. The topological polar surface area (TPSA) is 78.9 Å². The molecule has 2 aliphatic rings. The molecule has 1 saturated heterocycles. The molecule has 0 aliphatic carbocycles. The molecule has 2 N–H and O–H groups in total. The first-order chi connectivity index (χ1) is 14.5. The molecule has 0 bridgehead atoms. The normalized spacial score (nSPS) is 21.6. The van der Waals surface area contributed by atoms with Crippen molar-refractivity contribution >= 4 is 11.7 Å². The zero-order chi connectivity index (χ0) is 21.1. The second-order valence-corrected chi connectivity index (χ2v) is 8.13. The summed E-state index contributed by atoms with van der Waals surface area (Å²) in [4.78, 5) is 28.3. The maximum absolute atomic E-state index is 13.0. The van der Waals surface area contributed by atoms with Gasteiger partial charge < -0.3 is 20.1 Å². The molecule has 2 aliphatic heterocycles. The Hall–Kier alpha value is -2.86. The molecule has 0 radical (unpaired) electrons. The van der Waals surface area contributed by atoms with Gasteiger partial charge in [0.15, 0.2) is 5.78 Å². The minimum atomic E-state index is -0.476. The number of carbonyl (C=O) groups is 2. The number of aromatic hydroxyl groups is 1. The molecular formula is C24H28N2O4. The van der Waals surface area contributed by atoms with Gasteiger partial charge in [0.25, 0.3) is 5.91 Å². The minimum absolute atomic E-state index is 0.114. The van der Waals surface area contributed by atoms with Crippen LogP contribution < -0.4 is 10.1 Å². The predicted molar refractivity (Wildman–Crippen MR) is 114 cm³/mol. The number of likely N-dealkylation sites (tertiary alicyclic amines) is 1. The number of nitrogens with one attached hydrogen (secondary N) is 1. The van der Waals surface area contributed by atoms with E-state index in [0.717, 1.165) is 25.2 Å². The summed E-state index contributed by atoms with van der Waals surface area (Å²) in [6.45, 7) is 5.23. The Balaban J connectivity index is 1.55. The van der Waals surface area contributed by atoms with Crippen molar-refractivity contribution in [1.82, 2.24) is 10.2 Å². The highest BCUT2D eigenvalue weighted by Gasteiger charge is 2.37. The van der Waals surface area contributed by atoms with Crippen molar-refractivity contribution in [3.8, 4) is 11.5 Å². The Morgan fingerprint density at radius 2 is 1.90 bits per heavy atom. The summed E-state index contributed by atoms with van der Waals surface area (Å²) in [5, 5.41) is 13.1. The van der Waals surface area contributed by atoms with Crippen LogP contribution in [0.25, 0.3) is 0 Å². The van der Waals surface area contributed by atoms with Crippen molar-refractivity contribution in [2.24, 2.45) is 5.92 Å². The fourth-order valence-corrected chi connectivity index (χ4v) is 4.31. The molecule has 2 heterocycles. The monoisotopic (exact) mass is 408 g/mol. The van der Waals surface area contributed by atoms with E-state index < -0.39 is 12.0 Å². The molecule has 0 aromatic heterocycles. The standard InChI is InChI=1S/C24H28N2O4/c1-16-21(28)19-14-18(27)15-20(23(19)30-22(16)17-8-4-2-5-9-17)24(29)25-10-13-26-11-6-3-7-12-26/h2,4-5,8-9,14-16,22,27H,3,6-7,10-13H2,1H3,(H,25,29)/t16-,22-/m0/s1. The molecule has 0 unspecified atom stereocenters. The van der Waals surface area contributed by atoms with Gasteiger partial charge in [0, 0.05) is 13.1 Å². The molecule has 30 heavy (non-hydrogen) atoms. The van der Waals surface area contributed by atoms with Crippen LogP contribution in [0.15, 0.2) is 42.5 Å². The number of phenols is 1. The van der Waals surface area contributed by atoms with Gasteiger partial charge in [-0.05, 0) is 43.6 Å². The van der Waals surface area contributed by atoms with Gasteiger partial charge in [0.05, 0.1) is 17.0 Å². The van der Waals surface area contributed by atoms with E-state index in [4.69, 9.17) is 4.74 Å². The molecule has 2 aromatic carbocycles. The molecule has 2 atom stereocenters. The van der Waals surface area contributed by atoms with Gasteiger partial charge in [-0.15, -0.1) is 0 Å². The Morgan fingerprint density at radius 1 is 1.17 bits per heavy atom. The van der Waals surface area contributed by atoms with Crippen LogP contribution in [0.1, 0.15) is 58.6 Å². The molecule has 1 fully saturated rings. The number of phenolic OH excluding ortho intramolecular Hbond substituents is 1. The lowest BCUT2D eigenvalue weighted by Gasteiger charge is -2.32. The highest BCUT2D eigenvalue weighted by atomic mass is 16.5. The van der Waals surface area contributed by atoms with Crippen LogP contribution in [0.5, 0.6) is 11.5 Å². The van der Waals surface area contributed by atoms with Crippen LogP contribution in [-0.4, -0.2) is 47.9 Å². The third kappa shape index (κ3) is 4.19. The van der Waals surface area contributed by atoms with Crippen molar-refractivity contribution in [2.75, 3.05) is 26.2 Å². The molecule has 158 valence electrons. The van der Waals surface area contributed by atoms with Crippen molar-refractivity contribution in [3.05, 3.63) is 59.2 Å². The Labute approximate surface area is 176 Å². The summed E-state index contributed by atoms with van der Waals surface area (Å²) in [7, 11) is 0. The van der Waals surface area contributed by atoms with E-state index in [9.17, 15) is 14.7 Å². The van der Waals surface area contributed by atoms with Crippen LogP contribution in [0.2, 0.25) is 0 Å². The number of carbonyl (C=O) groups excluding carboxylic acids is 2. The van der Waals surface area contributed by atoms with Crippen molar-refractivity contribution in [1.29, 1.82) is 0 Å². The summed E-state index contributed by atoms with van der Waals surface area (Å²) in [5.41, 5.74) is 1.34. The number of hydrogen-bond donors (Lipinski definition) is 2. The van der Waals surface area contributed by atoms with Crippen LogP contribution in [0, 0.1) is 5.92 Å². The van der Waals surface area contributed by atoms with E-state index in [1.54, 1.807) is 0 Å². The molecule has 0 spiro atoms. The molecule has 6 heteroatoms. The summed E-state index contributed by atoms with van der Waals surface area (Å²) in [6.07, 6.45) is 3.19. The number of nitrogens with zero attached hydrogens (tertiary/aromatic N) is 1. The zero-order valence-corrected chi connectivity index (χ0v) is 17.3. The van der Waals surface area contributed by atoms with E-state index in [2.05, 4.69) is 10.2 Å². The van der Waals surface area contributed by atoms with E-state index in [0.29, 0.717) is 6.54 Å². The minimum Gasteiger partial charge on any atom is -0.508 e. The second kappa shape index (κ2) is 8.88. The van der Waals surface area contributed by atoms with Crippen molar-refractivity contribution < 1.29 is 19.4 Å². The first-order valence-electron chi connectivity index (χ1n) is 10.7. The van der Waals surface area contributed by atoms with Gasteiger partial charge in [-0.3, -0.25) is 9.59 Å². The van der Waals surface area contributed by atoms with Crippen molar-refractivity contribution in [3.63, 3.8) is 0 Å². The fourth-order valence-electron chi connectivity index (χ4n) is 4.31. The summed E-state index contributed by atoms with van der Waals surface area (Å²) < 4.78 is 6.20. The van der Waals surface area contributed by atoms with Crippen LogP contribution >= 0.6 is 0 Å². The number of ether oxygens (including phenoxy) is 1. The van der Waals surface area contributed by atoms with E-state index >= 15 is 0 Å². The fraction of sp³-hybridized carbons (Fsp3) is 0.417. The molecular weight excluding hydrogens is 380 g/mol. The van der Waals surface area contributed by atoms with Gasteiger partial charge in [0.1, 0.15) is 17.6 Å². The third-order valence-electron chi connectivity index (χ3n) is 5.99. The lowest BCUT2D eigenvalue weighted by atomic mass is 9.86. The predicted octanol–water partition coefficient (Wildman–Crippen LogP) is 3.56. The number of hydrogen-bond acceptors (Lipinski definition) is 5. The lowest BCUT2D eigenvalue weighted by Crippen LogP contribution is -2.38. The molecule has 6 nitrogen and oxygen atoms in total. The number of benzene rings is 2. The zero-order valence-electron chi connectivity index (χ0n) is 17.3. The second-order valence-electron chi connectivity index (χ2n) is 8.13. The van der Waals surface area contributed by atoms with E-state index in [-0.39, 0.29) is 34.3 Å². The van der Waals surface area contributed by atoms with Gasteiger partial charge in [-0.1, -0.05) is 43.7 Å². The highest BCUT2D eigenvalue weighted by molar-refractivity contribution is 6.07. The van der Waals surface area contributed by atoms with Crippen molar-refractivity contribution in [2.45, 2.75) is 32.3 Å². The van der Waals surface area contributed by atoms with E-state index in [1.165, 1.54) is 31.4 Å². The summed E-state index contributed by atoms with van der Waals surface area (Å²) in [5.74, 6) is -0.758. The summed E-state index contributed by atoms with van der Waals surface area (Å²) in [6, 6.07) is 12.3. The average Bonchev–Trinajstić information content (AvgIpc) is 2.77. The number of rotatable bonds is 5. The molecule has 4 rings (SSSR count). The molecule has 2 aromatic rings. The average molecular weight is 408 g/mol. The van der Waals surface area contributed by atoms with Gasteiger partial charge in [-0.2, -0.15) is 0 Å². The quantitative estimate of drug-likeness (QED) is 0.791. The molecule has 0 saturated carbocycles. The summed E-state index contributed by atoms with van der Waals surface area (Å²) >= 11 is 0. The lowest BCUT2D eigenvalue weighted by molar-refractivity contribution is 0.0682. The van der Waals surface area contributed by atoms with E-state index in [1.807, 2.05) is 37.3 Å². The SMILES string of the molecule is C[C@H]1C(=O)c2cc(O)cc(C(=O)NCCN3CCCCC3)c2O[C@@H]1c1ccccc1. The van der Waals surface area contributed by atoms with Gasteiger partial charge >= 0.3 is 0 Å². The maximum atomic E-state index is 13.0. The first-order valence-corrected chi connectivity index (χ1v) is 10.7. The smallest absolute Gasteiger partial charge is 0.255 e. The first kappa shape index (κ1) is 20.4. The maximum Gasteiger partial charge on any atom is 0.255 e. The molecule has 1 amide bonds. The number of piperidine rings is 1. The Kier molecular flexibility index (Phi) is 6.04. The van der Waals surface area contributed by atoms with Gasteiger partial charge in [-0.25, -0.2) is 0 Å². The van der Waals surface area contributed by atoms with Crippen LogP contribution in [0.3, 0.4) is 0 Å².